The molecule has 0 radical (unpaired) electrons. The Morgan fingerprint density at radius 3 is 2.84 bits per heavy atom. The minimum Gasteiger partial charge on any atom is -0.482 e. The summed E-state index contributed by atoms with van der Waals surface area (Å²) in [7, 11) is 0. The van der Waals surface area contributed by atoms with Crippen LogP contribution in [0.1, 0.15) is 10.4 Å². The summed E-state index contributed by atoms with van der Waals surface area (Å²) in [4.78, 5) is 46.7. The van der Waals surface area contributed by atoms with Crippen LogP contribution in [0.5, 0.6) is 5.75 Å². The van der Waals surface area contributed by atoms with Gasteiger partial charge in [0, 0.05) is 17.8 Å². The molecule has 0 saturated carbocycles. The van der Waals surface area contributed by atoms with Gasteiger partial charge in [0.2, 0.25) is 0 Å². The molecule has 25 heavy (non-hydrogen) atoms. The number of esters is 1. The molecule has 1 aliphatic rings. The second-order valence-corrected chi connectivity index (χ2v) is 5.30. The number of rotatable bonds is 5. The summed E-state index contributed by atoms with van der Waals surface area (Å²) >= 11 is 0. The van der Waals surface area contributed by atoms with Crippen molar-refractivity contribution in [2.45, 2.75) is 6.54 Å². The van der Waals surface area contributed by atoms with E-state index in [1.165, 1.54) is 29.0 Å². The van der Waals surface area contributed by atoms with E-state index in [1.54, 1.807) is 18.2 Å². The highest BCUT2D eigenvalue weighted by Crippen LogP contribution is 2.28. The standard InChI is InChI=1S/C17H14N2O6/c20-13(9-25-17(23)8-19-6-2-1-3-16(19)22)11-4-5-14-12(7-11)18-15(21)10-24-14/h1-7H,8-10H2,(H,18,21). The maximum absolute atomic E-state index is 12.1. The van der Waals surface area contributed by atoms with E-state index in [0.717, 1.165) is 0 Å². The van der Waals surface area contributed by atoms with Crippen LogP contribution in [0.3, 0.4) is 0 Å². The van der Waals surface area contributed by atoms with Gasteiger partial charge in [0.05, 0.1) is 5.69 Å². The number of benzene rings is 1. The Labute approximate surface area is 142 Å². The number of amides is 1. The second-order valence-electron chi connectivity index (χ2n) is 5.30. The molecule has 3 rings (SSSR count). The molecule has 2 aromatic rings. The summed E-state index contributed by atoms with van der Waals surface area (Å²) in [5, 5.41) is 2.60. The van der Waals surface area contributed by atoms with Gasteiger partial charge in [0.15, 0.2) is 19.0 Å². The van der Waals surface area contributed by atoms with Crippen molar-refractivity contribution in [2.24, 2.45) is 0 Å². The molecule has 0 fully saturated rings. The lowest BCUT2D eigenvalue weighted by Crippen LogP contribution is -2.26. The van der Waals surface area contributed by atoms with E-state index in [-0.39, 0.29) is 30.2 Å². The van der Waals surface area contributed by atoms with Crippen molar-refractivity contribution in [1.29, 1.82) is 0 Å². The largest absolute Gasteiger partial charge is 0.482 e. The Hall–Kier alpha value is -3.42. The fraction of sp³-hybridized carbons (Fsp3) is 0.176. The van der Waals surface area contributed by atoms with Crippen LogP contribution in [0.25, 0.3) is 0 Å². The molecule has 2 heterocycles. The lowest BCUT2D eigenvalue weighted by molar-refractivity contribution is -0.143. The molecule has 1 aromatic heterocycles. The first-order valence-electron chi connectivity index (χ1n) is 7.44. The summed E-state index contributed by atoms with van der Waals surface area (Å²) in [5.74, 6) is -0.971. The van der Waals surface area contributed by atoms with Gasteiger partial charge in [-0.2, -0.15) is 0 Å². The third-order valence-corrected chi connectivity index (χ3v) is 3.50. The summed E-state index contributed by atoms with van der Waals surface area (Å²) in [6.07, 6.45) is 1.46. The number of nitrogens with one attached hydrogen (secondary N) is 1. The Balaban J connectivity index is 1.60. The van der Waals surface area contributed by atoms with E-state index in [4.69, 9.17) is 9.47 Å². The van der Waals surface area contributed by atoms with Crippen LogP contribution in [0, 0.1) is 0 Å². The summed E-state index contributed by atoms with van der Waals surface area (Å²) in [5.41, 5.74) is 0.328. The van der Waals surface area contributed by atoms with Crippen LogP contribution in [0.15, 0.2) is 47.4 Å². The topological polar surface area (TPSA) is 104 Å². The molecular formula is C17H14N2O6. The molecule has 1 amide bonds. The number of anilines is 1. The zero-order chi connectivity index (χ0) is 17.8. The van der Waals surface area contributed by atoms with Gasteiger partial charge < -0.3 is 19.4 Å². The Morgan fingerprint density at radius 1 is 1.20 bits per heavy atom. The minimum atomic E-state index is -0.698. The summed E-state index contributed by atoms with van der Waals surface area (Å²) in [6.45, 7) is -0.814. The minimum absolute atomic E-state index is 0.0727. The van der Waals surface area contributed by atoms with E-state index >= 15 is 0 Å². The molecule has 1 N–H and O–H groups in total. The Kier molecular flexibility index (Phi) is 4.60. The first-order valence-corrected chi connectivity index (χ1v) is 7.44. The maximum Gasteiger partial charge on any atom is 0.326 e. The average molecular weight is 342 g/mol. The molecule has 0 bridgehead atoms. The zero-order valence-corrected chi connectivity index (χ0v) is 13.1. The van der Waals surface area contributed by atoms with Crippen LogP contribution in [-0.2, 0) is 20.9 Å². The van der Waals surface area contributed by atoms with Gasteiger partial charge >= 0.3 is 5.97 Å². The number of ether oxygens (including phenoxy) is 2. The Bertz CT molecular complexity index is 902. The van der Waals surface area contributed by atoms with E-state index in [2.05, 4.69) is 5.32 Å². The van der Waals surface area contributed by atoms with Crippen molar-refractivity contribution in [3.05, 3.63) is 58.5 Å². The fourth-order valence-corrected chi connectivity index (χ4v) is 2.26. The highest BCUT2D eigenvalue weighted by atomic mass is 16.5. The van der Waals surface area contributed by atoms with Crippen LogP contribution >= 0.6 is 0 Å². The number of ketones is 1. The number of hydrogen-bond acceptors (Lipinski definition) is 6. The predicted octanol–water partition coefficient (Wildman–Crippen LogP) is 0.605. The average Bonchev–Trinajstić information content (AvgIpc) is 2.61. The number of nitrogens with zero attached hydrogens (tertiary/aromatic N) is 1. The number of Topliss-reactive ketones (excluding diaryl/α,β-unsaturated/α-hetero) is 1. The van der Waals surface area contributed by atoms with Gasteiger partial charge in [-0.3, -0.25) is 19.2 Å². The molecule has 128 valence electrons. The van der Waals surface area contributed by atoms with Crippen molar-refractivity contribution >= 4 is 23.3 Å². The smallest absolute Gasteiger partial charge is 0.326 e. The predicted molar refractivity (Wildman–Crippen MR) is 86.6 cm³/mol. The quantitative estimate of drug-likeness (QED) is 0.630. The van der Waals surface area contributed by atoms with Gasteiger partial charge in [-0.25, -0.2) is 0 Å². The molecule has 0 spiro atoms. The lowest BCUT2D eigenvalue weighted by Gasteiger charge is -2.18. The van der Waals surface area contributed by atoms with E-state index in [0.29, 0.717) is 11.4 Å². The van der Waals surface area contributed by atoms with Crippen molar-refractivity contribution in [3.8, 4) is 5.75 Å². The number of pyridine rings is 1. The van der Waals surface area contributed by atoms with Gasteiger partial charge in [0.1, 0.15) is 12.3 Å². The van der Waals surface area contributed by atoms with Crippen LogP contribution in [0.4, 0.5) is 5.69 Å². The SMILES string of the molecule is O=C1COc2ccc(C(=O)COC(=O)Cn3ccccc3=O)cc2N1. The molecule has 8 nitrogen and oxygen atoms in total. The van der Waals surface area contributed by atoms with E-state index in [9.17, 15) is 19.2 Å². The monoisotopic (exact) mass is 342 g/mol. The molecule has 0 unspecified atom stereocenters. The number of hydrogen-bond donors (Lipinski definition) is 1. The van der Waals surface area contributed by atoms with Crippen LogP contribution < -0.4 is 15.6 Å². The van der Waals surface area contributed by atoms with Gasteiger partial charge in [-0.05, 0) is 24.3 Å². The van der Waals surface area contributed by atoms with Crippen LogP contribution in [-0.4, -0.2) is 35.4 Å². The molecule has 1 aromatic carbocycles. The highest BCUT2D eigenvalue weighted by Gasteiger charge is 2.18. The zero-order valence-electron chi connectivity index (χ0n) is 13.1. The number of carbonyl (C=O) groups excluding carboxylic acids is 3. The summed E-state index contributed by atoms with van der Waals surface area (Å²) in [6, 6.07) is 9.04. The first-order chi connectivity index (χ1) is 12.0. The van der Waals surface area contributed by atoms with Crippen molar-refractivity contribution < 1.29 is 23.9 Å². The number of carbonyl (C=O) groups is 3. The molecule has 0 aliphatic carbocycles. The molecule has 1 aliphatic heterocycles. The summed E-state index contributed by atoms with van der Waals surface area (Å²) < 4.78 is 11.3. The van der Waals surface area contributed by atoms with E-state index in [1.807, 2.05) is 0 Å². The number of aromatic nitrogens is 1. The maximum atomic E-state index is 12.1. The Morgan fingerprint density at radius 2 is 2.04 bits per heavy atom. The third-order valence-electron chi connectivity index (χ3n) is 3.50. The normalized spacial score (nSPS) is 12.6. The highest BCUT2D eigenvalue weighted by molar-refractivity contribution is 6.01. The van der Waals surface area contributed by atoms with E-state index < -0.39 is 18.4 Å². The van der Waals surface area contributed by atoms with Gasteiger partial charge in [0.25, 0.3) is 11.5 Å². The third kappa shape index (κ3) is 3.92. The van der Waals surface area contributed by atoms with Crippen molar-refractivity contribution in [3.63, 3.8) is 0 Å². The van der Waals surface area contributed by atoms with Crippen molar-refractivity contribution in [2.75, 3.05) is 18.5 Å². The lowest BCUT2D eigenvalue weighted by atomic mass is 10.1. The van der Waals surface area contributed by atoms with Gasteiger partial charge in [-0.1, -0.05) is 6.07 Å². The van der Waals surface area contributed by atoms with Gasteiger partial charge in [-0.15, -0.1) is 0 Å². The fourth-order valence-electron chi connectivity index (χ4n) is 2.26. The molecule has 0 atom stereocenters. The number of fused-ring (bicyclic) bond motifs is 1. The second kappa shape index (κ2) is 7.00. The first kappa shape index (κ1) is 16.4. The molecule has 8 heteroatoms. The van der Waals surface area contributed by atoms with Crippen LogP contribution in [0.2, 0.25) is 0 Å². The molecular weight excluding hydrogens is 328 g/mol. The van der Waals surface area contributed by atoms with Crippen molar-refractivity contribution in [1.82, 2.24) is 4.57 Å². The molecule has 0 saturated heterocycles.